The molecule has 26 heavy (non-hydrogen) atoms. The van der Waals surface area contributed by atoms with Crippen molar-refractivity contribution in [2.75, 3.05) is 0 Å². The maximum absolute atomic E-state index is 12.2. The molecule has 9 heteroatoms. The summed E-state index contributed by atoms with van der Waals surface area (Å²) in [5.74, 6) is -0.632. The summed E-state index contributed by atoms with van der Waals surface area (Å²) in [4.78, 5) is 14.9. The van der Waals surface area contributed by atoms with Crippen molar-refractivity contribution < 1.29 is 14.6 Å². The van der Waals surface area contributed by atoms with Crippen LogP contribution < -0.4 is 4.74 Å². The first-order valence-electron chi connectivity index (χ1n) is 7.43. The van der Waals surface area contributed by atoms with Crippen LogP contribution in [0.2, 0.25) is 15.1 Å². The molecule has 2 aromatic carbocycles. The molecule has 1 heterocycles. The second kappa shape index (κ2) is 7.53. The number of halogens is 3. The fraction of sp³-hybridized carbons (Fsp3) is 0.118. The Balaban J connectivity index is 1.78. The van der Waals surface area contributed by atoms with E-state index in [9.17, 15) is 9.90 Å². The normalized spacial score (nSPS) is 12.6. The molecule has 134 valence electrons. The molecule has 0 radical (unpaired) electrons. The van der Waals surface area contributed by atoms with Gasteiger partial charge >= 0.3 is 5.91 Å². The highest BCUT2D eigenvalue weighted by atomic mass is 35.5. The Bertz CT molecular complexity index is 1020. The number of benzene rings is 2. The molecule has 0 aliphatic rings. The molecule has 0 bridgehead atoms. The van der Waals surface area contributed by atoms with Gasteiger partial charge in [0.15, 0.2) is 11.8 Å². The lowest BCUT2D eigenvalue weighted by Crippen LogP contribution is -2.21. The molecule has 1 atom stereocenters. The van der Waals surface area contributed by atoms with Crippen LogP contribution >= 0.6 is 34.8 Å². The fourth-order valence-electron chi connectivity index (χ4n) is 2.23. The van der Waals surface area contributed by atoms with Gasteiger partial charge in [-0.3, -0.25) is 4.79 Å². The van der Waals surface area contributed by atoms with E-state index in [2.05, 4.69) is 15.2 Å². The summed E-state index contributed by atoms with van der Waals surface area (Å²) >= 11 is 17.8. The highest BCUT2D eigenvalue weighted by molar-refractivity contribution is 6.43. The third-order valence-corrected chi connectivity index (χ3v) is 4.55. The molecule has 0 fully saturated rings. The van der Waals surface area contributed by atoms with Crippen molar-refractivity contribution in [3.63, 3.8) is 0 Å². The number of amides is 1. The van der Waals surface area contributed by atoms with E-state index in [-0.39, 0.29) is 32.4 Å². The second-order valence-electron chi connectivity index (χ2n) is 5.36. The van der Waals surface area contributed by atoms with Crippen molar-refractivity contribution in [1.82, 2.24) is 4.98 Å². The van der Waals surface area contributed by atoms with Crippen LogP contribution in [0.3, 0.4) is 0 Å². The zero-order chi connectivity index (χ0) is 18.8. The number of aromatic hydroxyl groups is 1. The van der Waals surface area contributed by atoms with Gasteiger partial charge in [0.25, 0.3) is 0 Å². The molecule has 0 aliphatic carbocycles. The minimum atomic E-state index is -0.971. The molecule has 1 unspecified atom stereocenters. The average molecular weight is 413 g/mol. The van der Waals surface area contributed by atoms with Gasteiger partial charge in [-0.1, -0.05) is 53.0 Å². The zero-order valence-corrected chi connectivity index (χ0v) is 15.6. The van der Waals surface area contributed by atoms with Gasteiger partial charge < -0.3 is 14.8 Å². The van der Waals surface area contributed by atoms with Gasteiger partial charge in [0.1, 0.15) is 5.75 Å². The van der Waals surface area contributed by atoms with Crippen molar-refractivity contribution in [3.05, 3.63) is 51.5 Å². The summed E-state index contributed by atoms with van der Waals surface area (Å²) in [6, 6.07) is 9.95. The number of carbonyl (C=O) groups excluding carboxylic acids is 1. The van der Waals surface area contributed by atoms with Crippen molar-refractivity contribution in [1.29, 1.82) is 0 Å². The third kappa shape index (κ3) is 3.77. The van der Waals surface area contributed by atoms with Crippen LogP contribution in [0.15, 0.2) is 46.6 Å². The van der Waals surface area contributed by atoms with E-state index in [1.807, 2.05) is 0 Å². The van der Waals surface area contributed by atoms with Gasteiger partial charge in [-0.25, -0.2) is 0 Å². The summed E-state index contributed by atoms with van der Waals surface area (Å²) in [7, 11) is 0. The number of carbonyl (C=O) groups is 1. The SMILES string of the molecule is CC(Oc1cc(Cl)c(Cl)cc1Cl)C(=O)N=Nc1c(O)[nH]c2ccccc12. The molecule has 0 aliphatic heterocycles. The standard InChI is InChI=1S/C17H12Cl3N3O3/c1-8(26-14-7-11(19)10(18)6-12(14)20)16(24)23-22-15-9-4-2-3-5-13(9)21-17(15)25/h2-8,21,25H,1H3. The number of ether oxygens (including phenoxy) is 1. The number of fused-ring (bicyclic) bond motifs is 1. The van der Waals surface area contributed by atoms with Crippen molar-refractivity contribution in [2.45, 2.75) is 13.0 Å². The van der Waals surface area contributed by atoms with Crippen LogP contribution in [0.1, 0.15) is 6.92 Å². The smallest absolute Gasteiger partial charge is 0.304 e. The zero-order valence-electron chi connectivity index (χ0n) is 13.3. The number of nitrogens with one attached hydrogen (secondary N) is 1. The maximum atomic E-state index is 12.2. The van der Waals surface area contributed by atoms with E-state index in [0.29, 0.717) is 10.9 Å². The number of aromatic nitrogens is 1. The summed E-state index contributed by atoms with van der Waals surface area (Å²) < 4.78 is 5.48. The highest BCUT2D eigenvalue weighted by Crippen LogP contribution is 2.36. The number of aromatic amines is 1. The molecule has 6 nitrogen and oxygen atoms in total. The van der Waals surface area contributed by atoms with E-state index in [1.165, 1.54) is 19.1 Å². The number of hydrogen-bond donors (Lipinski definition) is 2. The maximum Gasteiger partial charge on any atom is 0.304 e. The first-order chi connectivity index (χ1) is 12.4. The number of azo groups is 1. The molecule has 1 amide bonds. The minimum Gasteiger partial charge on any atom is -0.493 e. The third-order valence-electron chi connectivity index (χ3n) is 3.53. The second-order valence-corrected chi connectivity index (χ2v) is 6.58. The fourth-order valence-corrected chi connectivity index (χ4v) is 2.81. The predicted octanol–water partition coefficient (Wildman–Crippen LogP) is 5.91. The largest absolute Gasteiger partial charge is 0.493 e. The van der Waals surface area contributed by atoms with Crippen molar-refractivity contribution >= 4 is 57.3 Å². The van der Waals surface area contributed by atoms with Crippen LogP contribution in [-0.2, 0) is 4.79 Å². The van der Waals surface area contributed by atoms with Gasteiger partial charge in [0.05, 0.1) is 20.6 Å². The molecular formula is C17H12Cl3N3O3. The molecule has 1 aromatic heterocycles. The van der Waals surface area contributed by atoms with E-state index in [1.54, 1.807) is 24.3 Å². The molecule has 3 aromatic rings. The van der Waals surface area contributed by atoms with Gasteiger partial charge in [0, 0.05) is 11.5 Å². The van der Waals surface area contributed by atoms with E-state index in [0.717, 1.165) is 0 Å². The van der Waals surface area contributed by atoms with E-state index >= 15 is 0 Å². The first-order valence-corrected chi connectivity index (χ1v) is 8.56. The molecule has 3 rings (SSSR count). The van der Waals surface area contributed by atoms with Gasteiger partial charge in [-0.15, -0.1) is 10.2 Å². The number of hydrogen-bond acceptors (Lipinski definition) is 4. The van der Waals surface area contributed by atoms with E-state index < -0.39 is 12.0 Å². The first kappa shape index (κ1) is 18.5. The lowest BCUT2D eigenvalue weighted by Gasteiger charge is -2.13. The average Bonchev–Trinajstić information content (AvgIpc) is 2.92. The molecular weight excluding hydrogens is 401 g/mol. The summed E-state index contributed by atoms with van der Waals surface area (Å²) in [5, 5.41) is 18.8. The van der Waals surface area contributed by atoms with Gasteiger partial charge in [-0.05, 0) is 19.1 Å². The molecule has 2 N–H and O–H groups in total. The lowest BCUT2D eigenvalue weighted by molar-refractivity contribution is -0.124. The Labute approximate surface area is 163 Å². The lowest BCUT2D eigenvalue weighted by atomic mass is 10.2. The quantitative estimate of drug-likeness (QED) is 0.412. The Morgan fingerprint density at radius 1 is 1.15 bits per heavy atom. The Kier molecular flexibility index (Phi) is 5.36. The van der Waals surface area contributed by atoms with Crippen LogP contribution in [0.5, 0.6) is 11.6 Å². The van der Waals surface area contributed by atoms with Gasteiger partial charge in [-0.2, -0.15) is 0 Å². The van der Waals surface area contributed by atoms with Crippen LogP contribution in [0.25, 0.3) is 10.9 Å². The molecule has 0 spiro atoms. The highest BCUT2D eigenvalue weighted by Gasteiger charge is 2.18. The van der Waals surface area contributed by atoms with Crippen LogP contribution in [0.4, 0.5) is 5.69 Å². The van der Waals surface area contributed by atoms with Crippen LogP contribution in [0, 0.1) is 0 Å². The Hall–Kier alpha value is -2.28. The molecule has 0 saturated heterocycles. The number of H-pyrrole nitrogens is 1. The topological polar surface area (TPSA) is 87.0 Å². The van der Waals surface area contributed by atoms with Gasteiger partial charge in [0.2, 0.25) is 5.88 Å². The van der Waals surface area contributed by atoms with Crippen molar-refractivity contribution in [2.24, 2.45) is 10.2 Å². The van der Waals surface area contributed by atoms with Crippen LogP contribution in [-0.4, -0.2) is 22.1 Å². The summed E-state index contributed by atoms with van der Waals surface area (Å²) in [6.07, 6.45) is -0.971. The minimum absolute atomic E-state index is 0.175. The summed E-state index contributed by atoms with van der Waals surface area (Å²) in [6.45, 7) is 1.50. The number of rotatable bonds is 4. The number of nitrogens with zero attached hydrogens (tertiary/aromatic N) is 2. The Morgan fingerprint density at radius 3 is 2.62 bits per heavy atom. The monoisotopic (exact) mass is 411 g/mol. The Morgan fingerprint density at radius 2 is 1.85 bits per heavy atom. The number of para-hydroxylation sites is 1. The molecule has 0 saturated carbocycles. The summed E-state index contributed by atoms with van der Waals surface area (Å²) in [5.41, 5.74) is 0.854. The predicted molar refractivity (Wildman–Crippen MR) is 101 cm³/mol. The van der Waals surface area contributed by atoms with E-state index in [4.69, 9.17) is 39.5 Å². The van der Waals surface area contributed by atoms with Crippen molar-refractivity contribution in [3.8, 4) is 11.6 Å².